The Labute approximate surface area is 177 Å². The van der Waals surface area contributed by atoms with Crippen LogP contribution < -0.4 is 0 Å². The molecule has 3 atom stereocenters. The van der Waals surface area contributed by atoms with Gasteiger partial charge in [-0.3, -0.25) is 9.69 Å². The Morgan fingerprint density at radius 3 is 2.83 bits per heavy atom. The molecule has 1 aromatic carbocycles. The number of nitrogens with zero attached hydrogens (tertiary/aromatic N) is 1. The van der Waals surface area contributed by atoms with Crippen molar-refractivity contribution in [1.29, 1.82) is 0 Å². The lowest BCUT2D eigenvalue weighted by atomic mass is 9.80. The summed E-state index contributed by atoms with van der Waals surface area (Å²) in [5.41, 5.74) is 1.70. The number of ether oxygens (including phenoxy) is 1. The summed E-state index contributed by atoms with van der Waals surface area (Å²) in [6, 6.07) is 11.6. The number of carbonyl (C=O) groups excluding carboxylic acids is 1. The monoisotopic (exact) mass is 397 g/mol. The number of hydrogen-bond acceptors (Lipinski definition) is 3. The first-order chi connectivity index (χ1) is 14.2. The summed E-state index contributed by atoms with van der Waals surface area (Å²) in [5.74, 6) is 0.0659. The third-order valence-corrected chi connectivity index (χ3v) is 7.16. The van der Waals surface area contributed by atoms with Crippen molar-refractivity contribution in [3.63, 3.8) is 0 Å². The summed E-state index contributed by atoms with van der Waals surface area (Å²) in [6.45, 7) is 7.25. The van der Waals surface area contributed by atoms with E-state index in [-0.39, 0.29) is 17.4 Å². The van der Waals surface area contributed by atoms with Gasteiger partial charge in [-0.05, 0) is 70.3 Å². The van der Waals surface area contributed by atoms with Crippen molar-refractivity contribution in [2.45, 2.75) is 95.7 Å². The average molecular weight is 398 g/mol. The largest absolute Gasteiger partial charge is 0.466 e. The molecule has 2 aliphatic heterocycles. The van der Waals surface area contributed by atoms with Crippen molar-refractivity contribution in [2.24, 2.45) is 5.92 Å². The molecule has 0 radical (unpaired) electrons. The van der Waals surface area contributed by atoms with E-state index in [1.54, 1.807) is 0 Å². The summed E-state index contributed by atoms with van der Waals surface area (Å²) in [6.07, 6.45) is 14.8. The summed E-state index contributed by atoms with van der Waals surface area (Å²) < 4.78 is 5.43. The van der Waals surface area contributed by atoms with Gasteiger partial charge in [-0.15, -0.1) is 6.58 Å². The molecule has 3 nitrogen and oxygen atoms in total. The smallest absolute Gasteiger partial charge is 0.308 e. The number of unbranched alkanes of at least 4 members (excludes halogenated alkanes) is 2. The van der Waals surface area contributed by atoms with E-state index in [9.17, 15) is 4.79 Å². The topological polar surface area (TPSA) is 29.5 Å². The van der Waals surface area contributed by atoms with Crippen LogP contribution in [0.25, 0.3) is 0 Å². The number of rotatable bonds is 12. The van der Waals surface area contributed by atoms with Gasteiger partial charge in [-0.1, -0.05) is 49.2 Å². The Morgan fingerprint density at radius 1 is 1.24 bits per heavy atom. The number of allylic oxidation sites excluding steroid dienone is 1. The molecule has 0 aromatic heterocycles. The molecule has 3 unspecified atom stereocenters. The minimum atomic E-state index is 0.0162. The Kier molecular flexibility index (Phi) is 8.35. The van der Waals surface area contributed by atoms with E-state index in [1.807, 2.05) is 13.0 Å². The number of piperidine rings is 1. The number of carbonyl (C=O) groups is 1. The van der Waals surface area contributed by atoms with E-state index in [0.717, 1.165) is 51.1 Å². The minimum absolute atomic E-state index is 0.0162. The molecule has 160 valence electrons. The first-order valence-corrected chi connectivity index (χ1v) is 11.8. The van der Waals surface area contributed by atoms with Gasteiger partial charge in [0, 0.05) is 18.1 Å². The number of hydrogen-bond donors (Lipinski definition) is 0. The van der Waals surface area contributed by atoms with Gasteiger partial charge in [0.05, 0.1) is 12.5 Å². The van der Waals surface area contributed by atoms with Crippen molar-refractivity contribution in [1.82, 2.24) is 4.90 Å². The van der Waals surface area contributed by atoms with Gasteiger partial charge < -0.3 is 4.74 Å². The van der Waals surface area contributed by atoms with Crippen molar-refractivity contribution in [3.8, 4) is 0 Å². The van der Waals surface area contributed by atoms with Crippen LogP contribution in [0, 0.1) is 5.92 Å². The number of benzene rings is 1. The predicted octanol–water partition coefficient (Wildman–Crippen LogP) is 6.28. The Morgan fingerprint density at radius 2 is 2.07 bits per heavy atom. The molecule has 0 aliphatic carbocycles. The second-order valence-electron chi connectivity index (χ2n) is 8.98. The van der Waals surface area contributed by atoms with Gasteiger partial charge in [-0.25, -0.2) is 0 Å². The third kappa shape index (κ3) is 5.72. The third-order valence-electron chi connectivity index (χ3n) is 7.16. The standard InChI is InChI=1S/C26H39NO2/c1-3-5-6-10-14-23(25(28)29-4-2)16-19-26-18-11-15-24(17-20-26)27(26)21-22-12-8-7-9-13-22/h3,7-9,12-13,23-24H,1,4-6,10-11,14-21H2,2H3. The summed E-state index contributed by atoms with van der Waals surface area (Å²) in [4.78, 5) is 15.4. The van der Waals surface area contributed by atoms with Crippen LogP contribution in [0.4, 0.5) is 0 Å². The van der Waals surface area contributed by atoms with Crippen LogP contribution in [0.3, 0.4) is 0 Å². The molecule has 1 aromatic rings. The predicted molar refractivity (Wildman–Crippen MR) is 120 cm³/mol. The lowest BCUT2D eigenvalue weighted by Gasteiger charge is -2.46. The fourth-order valence-corrected chi connectivity index (χ4v) is 5.59. The molecule has 2 heterocycles. The molecule has 0 amide bonds. The highest BCUT2D eigenvalue weighted by Gasteiger charge is 2.48. The number of esters is 1. The van der Waals surface area contributed by atoms with Gasteiger partial charge in [0.1, 0.15) is 0 Å². The van der Waals surface area contributed by atoms with E-state index in [1.165, 1.54) is 37.7 Å². The van der Waals surface area contributed by atoms with Crippen molar-refractivity contribution < 1.29 is 9.53 Å². The van der Waals surface area contributed by atoms with Crippen LogP contribution >= 0.6 is 0 Å². The molecule has 3 rings (SSSR count). The van der Waals surface area contributed by atoms with Crippen molar-refractivity contribution in [3.05, 3.63) is 48.6 Å². The maximum Gasteiger partial charge on any atom is 0.308 e. The zero-order valence-electron chi connectivity index (χ0n) is 18.3. The van der Waals surface area contributed by atoms with Crippen molar-refractivity contribution >= 4 is 5.97 Å². The molecule has 0 saturated carbocycles. The van der Waals surface area contributed by atoms with E-state index < -0.39 is 0 Å². The van der Waals surface area contributed by atoms with Crippen LogP contribution in [-0.2, 0) is 16.1 Å². The molecule has 2 aliphatic rings. The van der Waals surface area contributed by atoms with Gasteiger partial charge in [-0.2, -0.15) is 0 Å². The SMILES string of the molecule is C=CCCCCC(CCC12CCCC(CC1)N2Cc1ccccc1)C(=O)OCC. The van der Waals surface area contributed by atoms with E-state index >= 15 is 0 Å². The summed E-state index contributed by atoms with van der Waals surface area (Å²) in [5, 5.41) is 0. The summed E-state index contributed by atoms with van der Waals surface area (Å²) >= 11 is 0. The molecule has 2 bridgehead atoms. The van der Waals surface area contributed by atoms with Crippen LogP contribution in [-0.4, -0.2) is 29.1 Å². The lowest BCUT2D eigenvalue weighted by molar-refractivity contribution is -0.148. The zero-order valence-corrected chi connectivity index (χ0v) is 18.3. The fraction of sp³-hybridized carbons (Fsp3) is 0.654. The average Bonchev–Trinajstić information content (AvgIpc) is 2.92. The van der Waals surface area contributed by atoms with Crippen molar-refractivity contribution in [2.75, 3.05) is 6.61 Å². The zero-order chi connectivity index (χ0) is 20.5. The van der Waals surface area contributed by atoms with E-state index in [4.69, 9.17) is 4.74 Å². The molecule has 3 heteroatoms. The van der Waals surface area contributed by atoms with E-state index in [2.05, 4.69) is 41.8 Å². The fourth-order valence-electron chi connectivity index (χ4n) is 5.59. The van der Waals surface area contributed by atoms with Gasteiger partial charge in [0.2, 0.25) is 0 Å². The van der Waals surface area contributed by atoms with Gasteiger partial charge in [0.15, 0.2) is 0 Å². The van der Waals surface area contributed by atoms with Gasteiger partial charge >= 0.3 is 5.97 Å². The first kappa shape index (κ1) is 22.1. The second kappa shape index (κ2) is 11.0. The molecular formula is C26H39NO2. The molecule has 29 heavy (non-hydrogen) atoms. The number of fused-ring (bicyclic) bond motifs is 2. The molecule has 0 spiro atoms. The van der Waals surface area contributed by atoms with Crippen LogP contribution in [0.15, 0.2) is 43.0 Å². The Balaban J connectivity index is 1.65. The highest BCUT2D eigenvalue weighted by atomic mass is 16.5. The minimum Gasteiger partial charge on any atom is -0.466 e. The summed E-state index contributed by atoms with van der Waals surface area (Å²) in [7, 11) is 0. The second-order valence-corrected chi connectivity index (χ2v) is 8.98. The molecular weight excluding hydrogens is 358 g/mol. The quantitative estimate of drug-likeness (QED) is 0.236. The van der Waals surface area contributed by atoms with Crippen LogP contribution in [0.5, 0.6) is 0 Å². The van der Waals surface area contributed by atoms with Crippen LogP contribution in [0.1, 0.15) is 83.1 Å². The molecule has 0 N–H and O–H groups in total. The van der Waals surface area contributed by atoms with Gasteiger partial charge in [0.25, 0.3) is 0 Å². The maximum atomic E-state index is 12.6. The van der Waals surface area contributed by atoms with E-state index in [0.29, 0.717) is 6.61 Å². The van der Waals surface area contributed by atoms with Crippen LogP contribution in [0.2, 0.25) is 0 Å². The Hall–Kier alpha value is -1.61. The highest BCUT2D eigenvalue weighted by molar-refractivity contribution is 5.72. The Bertz CT molecular complexity index is 639. The normalized spacial score (nSPS) is 24.9. The highest BCUT2D eigenvalue weighted by Crippen LogP contribution is 2.48. The maximum absolute atomic E-state index is 12.6. The molecule has 2 saturated heterocycles. The lowest BCUT2D eigenvalue weighted by Crippen LogP contribution is -2.50. The first-order valence-electron chi connectivity index (χ1n) is 11.8. The molecule has 2 fully saturated rings.